The van der Waals surface area contributed by atoms with Crippen molar-refractivity contribution in [3.8, 4) is 0 Å². The number of nitrogens with one attached hydrogen (secondary N) is 1. The van der Waals surface area contributed by atoms with Crippen molar-refractivity contribution in [3.05, 3.63) is 12.7 Å². The van der Waals surface area contributed by atoms with E-state index < -0.39 is 0 Å². The van der Waals surface area contributed by atoms with Gasteiger partial charge in [0.15, 0.2) is 0 Å². The third-order valence-corrected chi connectivity index (χ3v) is 3.00. The van der Waals surface area contributed by atoms with Crippen LogP contribution in [0.15, 0.2) is 12.7 Å². The molecular formula is C12H22N2O. The molecular weight excluding hydrogens is 188 g/mol. The molecule has 0 bridgehead atoms. The lowest BCUT2D eigenvalue weighted by molar-refractivity contribution is -0.116. The fraction of sp³-hybridized carbons (Fsp3) is 0.750. The molecule has 1 aliphatic rings. The van der Waals surface area contributed by atoms with Gasteiger partial charge in [-0.25, -0.2) is 0 Å². The highest BCUT2D eigenvalue weighted by Gasteiger charge is 2.18. The number of rotatable bonds is 5. The van der Waals surface area contributed by atoms with Crippen molar-refractivity contribution in [1.82, 2.24) is 10.2 Å². The monoisotopic (exact) mass is 210 g/mol. The van der Waals surface area contributed by atoms with E-state index in [1.165, 1.54) is 45.0 Å². The number of amides is 1. The van der Waals surface area contributed by atoms with E-state index in [-0.39, 0.29) is 5.91 Å². The van der Waals surface area contributed by atoms with Crippen LogP contribution in [0.5, 0.6) is 0 Å². The van der Waals surface area contributed by atoms with Gasteiger partial charge in [-0.3, -0.25) is 4.79 Å². The van der Waals surface area contributed by atoms with E-state index in [0.717, 1.165) is 6.54 Å². The van der Waals surface area contributed by atoms with Crippen LogP contribution in [0.4, 0.5) is 0 Å². The van der Waals surface area contributed by atoms with E-state index in [1.54, 1.807) is 0 Å². The molecule has 0 unspecified atom stereocenters. The Kier molecular flexibility index (Phi) is 5.40. The average molecular weight is 210 g/mol. The highest BCUT2D eigenvalue weighted by molar-refractivity contribution is 5.86. The van der Waals surface area contributed by atoms with Crippen LogP contribution in [0, 0.1) is 5.92 Å². The van der Waals surface area contributed by atoms with Gasteiger partial charge in [0, 0.05) is 6.54 Å². The number of hydrogen-bond acceptors (Lipinski definition) is 2. The molecule has 1 heterocycles. The summed E-state index contributed by atoms with van der Waals surface area (Å²) in [7, 11) is 0. The van der Waals surface area contributed by atoms with Gasteiger partial charge in [-0.15, -0.1) is 0 Å². The number of carbonyl (C=O) groups is 1. The van der Waals surface area contributed by atoms with Gasteiger partial charge < -0.3 is 10.2 Å². The van der Waals surface area contributed by atoms with Gasteiger partial charge in [0.25, 0.3) is 0 Å². The van der Waals surface area contributed by atoms with Crippen molar-refractivity contribution < 1.29 is 4.79 Å². The number of carbonyl (C=O) groups excluding carboxylic acids is 1. The van der Waals surface area contributed by atoms with Crippen LogP contribution in [0.2, 0.25) is 0 Å². The third kappa shape index (κ3) is 4.47. The van der Waals surface area contributed by atoms with Gasteiger partial charge in [0.05, 0.1) is 0 Å². The van der Waals surface area contributed by atoms with E-state index >= 15 is 0 Å². The Morgan fingerprint density at radius 1 is 1.53 bits per heavy atom. The smallest absolute Gasteiger partial charge is 0.243 e. The quantitative estimate of drug-likeness (QED) is 0.696. The maximum atomic E-state index is 11.0. The van der Waals surface area contributed by atoms with Crippen molar-refractivity contribution in [2.45, 2.75) is 26.2 Å². The van der Waals surface area contributed by atoms with Gasteiger partial charge >= 0.3 is 0 Å². The first-order chi connectivity index (χ1) is 7.26. The van der Waals surface area contributed by atoms with Crippen LogP contribution in [0.3, 0.4) is 0 Å². The fourth-order valence-corrected chi connectivity index (χ4v) is 2.05. The molecule has 1 N–H and O–H groups in total. The molecule has 0 saturated carbocycles. The molecule has 3 nitrogen and oxygen atoms in total. The summed E-state index contributed by atoms with van der Waals surface area (Å²) in [4.78, 5) is 13.5. The summed E-state index contributed by atoms with van der Waals surface area (Å²) in [6.45, 7) is 10.0. The molecule has 1 saturated heterocycles. The Bertz CT molecular complexity index is 208. The minimum atomic E-state index is -0.0500. The zero-order chi connectivity index (χ0) is 11.1. The van der Waals surface area contributed by atoms with Gasteiger partial charge in [0.2, 0.25) is 5.91 Å². The largest absolute Gasteiger partial charge is 0.352 e. The van der Waals surface area contributed by atoms with Gasteiger partial charge in [-0.2, -0.15) is 0 Å². The molecule has 1 aliphatic heterocycles. The van der Waals surface area contributed by atoms with E-state index in [9.17, 15) is 4.79 Å². The van der Waals surface area contributed by atoms with Crippen LogP contribution >= 0.6 is 0 Å². The summed E-state index contributed by atoms with van der Waals surface area (Å²) in [6, 6.07) is 0. The molecule has 1 amide bonds. The summed E-state index contributed by atoms with van der Waals surface area (Å²) in [5.41, 5.74) is 0. The lowest BCUT2D eigenvalue weighted by atomic mass is 9.96. The molecule has 0 aromatic heterocycles. The molecule has 1 rings (SSSR count). The summed E-state index contributed by atoms with van der Waals surface area (Å²) in [6.07, 6.45) is 4.99. The lowest BCUT2D eigenvalue weighted by Crippen LogP contribution is -2.38. The number of piperidine rings is 1. The lowest BCUT2D eigenvalue weighted by Gasteiger charge is -2.31. The van der Waals surface area contributed by atoms with E-state index in [4.69, 9.17) is 0 Å². The highest BCUT2D eigenvalue weighted by atomic mass is 16.1. The summed E-state index contributed by atoms with van der Waals surface area (Å²) in [5, 5.41) is 2.87. The van der Waals surface area contributed by atoms with Crippen LogP contribution in [-0.4, -0.2) is 37.0 Å². The molecule has 1 fully saturated rings. The maximum absolute atomic E-state index is 11.0. The van der Waals surface area contributed by atoms with E-state index in [1.807, 2.05) is 0 Å². The molecule has 15 heavy (non-hydrogen) atoms. The van der Waals surface area contributed by atoms with Crippen molar-refractivity contribution in [2.24, 2.45) is 5.92 Å². The Morgan fingerprint density at radius 2 is 2.20 bits per heavy atom. The normalized spacial score (nSPS) is 18.7. The molecule has 0 aromatic carbocycles. The predicted octanol–water partition coefficient (Wildman–Crippen LogP) is 1.41. The molecule has 3 heteroatoms. The Hall–Kier alpha value is -0.830. The molecule has 0 aromatic rings. The van der Waals surface area contributed by atoms with Gasteiger partial charge in [0.1, 0.15) is 0 Å². The second kappa shape index (κ2) is 6.62. The predicted molar refractivity (Wildman–Crippen MR) is 62.7 cm³/mol. The Labute approximate surface area is 92.5 Å². The summed E-state index contributed by atoms with van der Waals surface area (Å²) in [5.74, 6) is 0.605. The molecule has 0 radical (unpaired) electrons. The van der Waals surface area contributed by atoms with Crippen LogP contribution < -0.4 is 5.32 Å². The Morgan fingerprint density at radius 3 is 2.73 bits per heavy atom. The van der Waals surface area contributed by atoms with Crippen LogP contribution in [-0.2, 0) is 4.79 Å². The first-order valence-electron chi connectivity index (χ1n) is 5.89. The zero-order valence-corrected chi connectivity index (χ0v) is 9.67. The molecule has 0 spiro atoms. The first-order valence-corrected chi connectivity index (χ1v) is 5.89. The number of likely N-dealkylation sites (tertiary alicyclic amines) is 1. The summed E-state index contributed by atoms with van der Waals surface area (Å²) < 4.78 is 0. The highest BCUT2D eigenvalue weighted by Crippen LogP contribution is 2.16. The molecule has 86 valence electrons. The fourth-order valence-electron chi connectivity index (χ4n) is 2.05. The zero-order valence-electron chi connectivity index (χ0n) is 9.67. The topological polar surface area (TPSA) is 32.3 Å². The van der Waals surface area contributed by atoms with E-state index in [2.05, 4.69) is 23.7 Å². The van der Waals surface area contributed by atoms with E-state index in [0.29, 0.717) is 5.92 Å². The van der Waals surface area contributed by atoms with Crippen molar-refractivity contribution in [2.75, 3.05) is 26.2 Å². The van der Waals surface area contributed by atoms with Crippen LogP contribution in [0.1, 0.15) is 26.2 Å². The third-order valence-electron chi connectivity index (χ3n) is 3.00. The minimum Gasteiger partial charge on any atom is -0.352 e. The molecule has 0 atom stereocenters. The number of hydrogen-bond donors (Lipinski definition) is 1. The maximum Gasteiger partial charge on any atom is 0.243 e. The molecule has 0 aliphatic carbocycles. The summed E-state index contributed by atoms with van der Waals surface area (Å²) >= 11 is 0. The average Bonchev–Trinajstić information content (AvgIpc) is 2.28. The first kappa shape index (κ1) is 12.2. The second-order valence-electron chi connectivity index (χ2n) is 4.23. The van der Waals surface area contributed by atoms with Crippen LogP contribution in [0.25, 0.3) is 0 Å². The SMILES string of the molecule is C=CC(=O)NCC1CCN(CCC)CC1. The second-order valence-corrected chi connectivity index (χ2v) is 4.23. The van der Waals surface area contributed by atoms with Crippen molar-refractivity contribution >= 4 is 5.91 Å². The standard InChI is InChI=1S/C12H22N2O/c1-3-7-14-8-5-11(6-9-14)10-13-12(15)4-2/h4,11H,2-3,5-10H2,1H3,(H,13,15). The van der Waals surface area contributed by atoms with Crippen molar-refractivity contribution in [3.63, 3.8) is 0 Å². The Balaban J connectivity index is 2.14. The number of nitrogens with zero attached hydrogens (tertiary/aromatic N) is 1. The minimum absolute atomic E-state index is 0.0500. The van der Waals surface area contributed by atoms with Gasteiger partial charge in [-0.1, -0.05) is 13.5 Å². The van der Waals surface area contributed by atoms with Crippen molar-refractivity contribution in [1.29, 1.82) is 0 Å². The van der Waals surface area contributed by atoms with Gasteiger partial charge in [-0.05, 0) is 50.9 Å².